The lowest BCUT2D eigenvalue weighted by atomic mass is 10.2. The van der Waals surface area contributed by atoms with Gasteiger partial charge in [-0.05, 0) is 23.2 Å². The smallest absolute Gasteiger partial charge is 0.429 e. The van der Waals surface area contributed by atoms with E-state index in [1.165, 1.54) is 24.3 Å². The Bertz CT molecular complexity index is 769. The van der Waals surface area contributed by atoms with Gasteiger partial charge in [0.15, 0.2) is 0 Å². The molecule has 23 heavy (non-hydrogen) atoms. The second-order valence-electron chi connectivity index (χ2n) is 4.21. The number of non-ortho nitro benzene ring substituents is 1. The van der Waals surface area contributed by atoms with Crippen molar-refractivity contribution in [1.82, 2.24) is 0 Å². The molecule has 0 N–H and O–H groups in total. The molecule has 0 aliphatic carbocycles. The van der Waals surface area contributed by atoms with E-state index in [4.69, 9.17) is 15.0 Å². The number of nitro benzene ring substituents is 1. The fourth-order valence-corrected chi connectivity index (χ4v) is 1.68. The van der Waals surface area contributed by atoms with Gasteiger partial charge in [-0.2, -0.15) is 0 Å². The Balaban J connectivity index is 1.95. The van der Waals surface area contributed by atoms with Crippen molar-refractivity contribution in [3.05, 3.63) is 74.7 Å². The van der Waals surface area contributed by atoms with Crippen LogP contribution in [0.25, 0.3) is 10.4 Å². The second kappa shape index (κ2) is 7.43. The number of carbonyl (C=O) groups is 1. The van der Waals surface area contributed by atoms with Gasteiger partial charge in [-0.1, -0.05) is 29.4 Å². The Morgan fingerprint density at radius 3 is 2.57 bits per heavy atom. The SMILES string of the molecule is [N-]=[N+]=Nc1ccccc1COC(=O)Oc1ccc([N+](=O)[O-])cc1. The standard InChI is InChI=1S/C14H10N4O5/c15-17-16-13-4-2-1-3-10(13)9-22-14(19)23-12-7-5-11(6-8-12)18(20)21/h1-8H,9H2. The highest BCUT2D eigenvalue weighted by Gasteiger charge is 2.10. The van der Waals surface area contributed by atoms with Crippen LogP contribution in [0.3, 0.4) is 0 Å². The summed E-state index contributed by atoms with van der Waals surface area (Å²) in [5, 5.41) is 14.0. The van der Waals surface area contributed by atoms with Gasteiger partial charge in [-0.25, -0.2) is 4.79 Å². The highest BCUT2D eigenvalue weighted by atomic mass is 16.7. The number of rotatable bonds is 5. The molecule has 0 radical (unpaired) electrons. The quantitative estimate of drug-likeness (QED) is 0.155. The van der Waals surface area contributed by atoms with Crippen LogP contribution in [-0.2, 0) is 11.3 Å². The van der Waals surface area contributed by atoms with Crippen LogP contribution in [0.2, 0.25) is 0 Å². The number of nitrogens with zero attached hydrogens (tertiary/aromatic N) is 4. The van der Waals surface area contributed by atoms with Crippen molar-refractivity contribution >= 4 is 17.5 Å². The van der Waals surface area contributed by atoms with Crippen molar-refractivity contribution in [1.29, 1.82) is 0 Å². The van der Waals surface area contributed by atoms with Crippen molar-refractivity contribution in [2.45, 2.75) is 6.61 Å². The zero-order chi connectivity index (χ0) is 16.7. The average Bonchev–Trinajstić information content (AvgIpc) is 2.55. The van der Waals surface area contributed by atoms with E-state index >= 15 is 0 Å². The van der Waals surface area contributed by atoms with Crippen LogP contribution in [0, 0.1) is 10.1 Å². The van der Waals surface area contributed by atoms with Gasteiger partial charge in [-0.3, -0.25) is 10.1 Å². The molecule has 0 amide bonds. The molecular formula is C14H10N4O5. The summed E-state index contributed by atoms with van der Waals surface area (Å²) >= 11 is 0. The summed E-state index contributed by atoms with van der Waals surface area (Å²) in [7, 11) is 0. The average molecular weight is 314 g/mol. The fraction of sp³-hybridized carbons (Fsp3) is 0.0714. The maximum atomic E-state index is 11.6. The van der Waals surface area contributed by atoms with E-state index in [-0.39, 0.29) is 18.0 Å². The molecule has 0 aliphatic heterocycles. The number of hydrogen-bond acceptors (Lipinski definition) is 6. The second-order valence-corrected chi connectivity index (χ2v) is 4.21. The van der Waals surface area contributed by atoms with E-state index in [1.54, 1.807) is 24.3 Å². The monoisotopic (exact) mass is 314 g/mol. The molecule has 2 aromatic carbocycles. The molecule has 0 bridgehead atoms. The van der Waals surface area contributed by atoms with Gasteiger partial charge in [0.2, 0.25) is 0 Å². The number of benzene rings is 2. The number of carbonyl (C=O) groups excluding carboxylic acids is 1. The van der Waals surface area contributed by atoms with E-state index in [0.29, 0.717) is 11.3 Å². The van der Waals surface area contributed by atoms with Crippen LogP contribution in [0.4, 0.5) is 16.2 Å². The van der Waals surface area contributed by atoms with Crippen molar-refractivity contribution < 1.29 is 19.2 Å². The topological polar surface area (TPSA) is 127 Å². The van der Waals surface area contributed by atoms with Gasteiger partial charge in [0.1, 0.15) is 12.4 Å². The Labute approximate surface area is 129 Å². The zero-order valence-electron chi connectivity index (χ0n) is 11.7. The molecule has 0 saturated heterocycles. The van der Waals surface area contributed by atoms with E-state index in [2.05, 4.69) is 10.0 Å². The maximum absolute atomic E-state index is 11.6. The summed E-state index contributed by atoms with van der Waals surface area (Å²) in [5.74, 6) is 0.115. The molecule has 0 aliphatic rings. The van der Waals surface area contributed by atoms with E-state index < -0.39 is 11.1 Å². The summed E-state index contributed by atoms with van der Waals surface area (Å²) in [6.07, 6.45) is -0.977. The number of ether oxygens (including phenoxy) is 2. The molecule has 0 spiro atoms. The van der Waals surface area contributed by atoms with Crippen molar-refractivity contribution in [3.63, 3.8) is 0 Å². The third-order valence-corrected chi connectivity index (χ3v) is 2.74. The lowest BCUT2D eigenvalue weighted by molar-refractivity contribution is -0.384. The lowest BCUT2D eigenvalue weighted by Gasteiger charge is -2.07. The first-order valence-electron chi connectivity index (χ1n) is 6.32. The summed E-state index contributed by atoms with van der Waals surface area (Å²) in [4.78, 5) is 24.2. The van der Waals surface area contributed by atoms with Crippen LogP contribution < -0.4 is 4.74 Å². The Morgan fingerprint density at radius 2 is 1.91 bits per heavy atom. The van der Waals surface area contributed by atoms with Gasteiger partial charge < -0.3 is 9.47 Å². The highest BCUT2D eigenvalue weighted by Crippen LogP contribution is 2.21. The molecule has 0 atom stereocenters. The number of hydrogen-bond donors (Lipinski definition) is 0. The van der Waals surface area contributed by atoms with E-state index in [9.17, 15) is 14.9 Å². The normalized spacial score (nSPS) is 9.57. The van der Waals surface area contributed by atoms with E-state index in [1.807, 2.05) is 0 Å². The van der Waals surface area contributed by atoms with Crippen molar-refractivity contribution in [2.24, 2.45) is 5.11 Å². The zero-order valence-corrected chi connectivity index (χ0v) is 11.7. The van der Waals surface area contributed by atoms with Gasteiger partial charge in [0, 0.05) is 22.7 Å². The third-order valence-electron chi connectivity index (χ3n) is 2.74. The summed E-state index contributed by atoms with van der Waals surface area (Å²) in [5.41, 5.74) is 9.20. The number of nitro groups is 1. The van der Waals surface area contributed by atoms with Crippen molar-refractivity contribution in [3.8, 4) is 5.75 Å². The Hall–Kier alpha value is -3.58. The minimum absolute atomic E-state index is 0.115. The fourth-order valence-electron chi connectivity index (χ4n) is 1.68. The summed E-state index contributed by atoms with van der Waals surface area (Å²) in [6, 6.07) is 11.6. The molecule has 2 aromatic rings. The lowest BCUT2D eigenvalue weighted by Crippen LogP contribution is -2.10. The summed E-state index contributed by atoms with van der Waals surface area (Å²) in [6.45, 7) is -0.138. The van der Waals surface area contributed by atoms with Crippen LogP contribution >= 0.6 is 0 Å². The molecule has 0 fully saturated rings. The molecule has 9 heteroatoms. The molecule has 9 nitrogen and oxygen atoms in total. The molecule has 0 unspecified atom stereocenters. The van der Waals surface area contributed by atoms with Crippen LogP contribution in [0.5, 0.6) is 5.75 Å². The number of azide groups is 1. The van der Waals surface area contributed by atoms with E-state index in [0.717, 1.165) is 0 Å². The highest BCUT2D eigenvalue weighted by molar-refractivity contribution is 5.64. The predicted molar refractivity (Wildman–Crippen MR) is 79.2 cm³/mol. The van der Waals surface area contributed by atoms with Gasteiger partial charge >= 0.3 is 6.16 Å². The third kappa shape index (κ3) is 4.45. The minimum Gasteiger partial charge on any atom is -0.429 e. The summed E-state index contributed by atoms with van der Waals surface area (Å²) < 4.78 is 9.80. The van der Waals surface area contributed by atoms with Gasteiger partial charge in [0.05, 0.1) is 4.92 Å². The Morgan fingerprint density at radius 1 is 1.22 bits per heavy atom. The van der Waals surface area contributed by atoms with Crippen LogP contribution in [-0.4, -0.2) is 11.1 Å². The largest absolute Gasteiger partial charge is 0.514 e. The maximum Gasteiger partial charge on any atom is 0.514 e. The van der Waals surface area contributed by atoms with Crippen LogP contribution in [0.15, 0.2) is 53.6 Å². The predicted octanol–water partition coefficient (Wildman–Crippen LogP) is 4.25. The first-order chi connectivity index (χ1) is 11.1. The Kier molecular flexibility index (Phi) is 5.11. The molecule has 0 saturated carbocycles. The molecule has 0 heterocycles. The minimum atomic E-state index is -0.977. The molecule has 2 rings (SSSR count). The molecule has 0 aromatic heterocycles. The van der Waals surface area contributed by atoms with Gasteiger partial charge in [-0.15, -0.1) is 0 Å². The first kappa shape index (κ1) is 15.8. The van der Waals surface area contributed by atoms with Crippen LogP contribution in [0.1, 0.15) is 5.56 Å². The van der Waals surface area contributed by atoms with Crippen molar-refractivity contribution in [2.75, 3.05) is 0 Å². The molecule has 116 valence electrons. The molecular weight excluding hydrogens is 304 g/mol. The first-order valence-corrected chi connectivity index (χ1v) is 6.32. The van der Waals surface area contributed by atoms with Gasteiger partial charge in [0.25, 0.3) is 5.69 Å².